The molecule has 3 heteroatoms. The van der Waals surface area contributed by atoms with Gasteiger partial charge >= 0.3 is 0 Å². The number of nitrogens with zero attached hydrogens (tertiary/aromatic N) is 1. The normalized spacial score (nSPS) is 32.5. The number of ether oxygens (including phenoxy) is 1. The van der Waals surface area contributed by atoms with Crippen molar-refractivity contribution in [3.8, 4) is 6.07 Å². The van der Waals surface area contributed by atoms with Crippen molar-refractivity contribution in [1.29, 1.82) is 5.26 Å². The van der Waals surface area contributed by atoms with Crippen molar-refractivity contribution in [2.24, 2.45) is 5.92 Å². The Kier molecular flexibility index (Phi) is 4.37. The Bertz CT molecular complexity index is 202. The zero-order valence-electron chi connectivity index (χ0n) is 9.18. The molecule has 0 heterocycles. The second kappa shape index (κ2) is 5.33. The number of methoxy groups -OCH3 is 1. The van der Waals surface area contributed by atoms with Crippen molar-refractivity contribution >= 4 is 0 Å². The number of rotatable bonds is 4. The minimum atomic E-state index is -0.273. The number of hydrogen-bond donors (Lipinski definition) is 1. The van der Waals surface area contributed by atoms with Crippen LogP contribution in [0.3, 0.4) is 0 Å². The van der Waals surface area contributed by atoms with Crippen LogP contribution in [0.4, 0.5) is 0 Å². The van der Waals surface area contributed by atoms with E-state index in [1.807, 2.05) is 0 Å². The second-order valence-electron chi connectivity index (χ2n) is 4.30. The predicted octanol–water partition coefficient (Wildman–Crippen LogP) is 1.69. The molecule has 0 unspecified atom stereocenters. The number of nitrogens with one attached hydrogen (secondary N) is 1. The summed E-state index contributed by atoms with van der Waals surface area (Å²) in [6, 6.07) is 2.43. The highest BCUT2D eigenvalue weighted by atomic mass is 16.5. The van der Waals surface area contributed by atoms with Crippen LogP contribution in [0.15, 0.2) is 0 Å². The Labute approximate surface area is 86.4 Å². The molecule has 3 nitrogen and oxygen atoms in total. The molecule has 0 bridgehead atoms. The van der Waals surface area contributed by atoms with Crippen molar-refractivity contribution in [1.82, 2.24) is 5.32 Å². The molecule has 1 saturated carbocycles. The lowest BCUT2D eigenvalue weighted by Crippen LogP contribution is -2.47. The quantitative estimate of drug-likeness (QED) is 0.696. The second-order valence-corrected chi connectivity index (χ2v) is 4.30. The molecular weight excluding hydrogens is 176 g/mol. The molecule has 1 fully saturated rings. The third-order valence-corrected chi connectivity index (χ3v) is 3.11. The molecule has 0 spiro atoms. The molecule has 0 radical (unpaired) electrons. The van der Waals surface area contributed by atoms with Gasteiger partial charge in [0.15, 0.2) is 0 Å². The summed E-state index contributed by atoms with van der Waals surface area (Å²) in [5.74, 6) is 0.778. The van der Waals surface area contributed by atoms with E-state index < -0.39 is 0 Å². The first kappa shape index (κ1) is 11.5. The maximum atomic E-state index is 9.17. The van der Waals surface area contributed by atoms with Crippen LogP contribution in [0.1, 0.15) is 32.6 Å². The van der Waals surface area contributed by atoms with Gasteiger partial charge in [-0.3, -0.25) is 5.32 Å². The van der Waals surface area contributed by atoms with Crippen LogP contribution in [-0.2, 0) is 4.74 Å². The van der Waals surface area contributed by atoms with Crippen LogP contribution in [0.5, 0.6) is 0 Å². The van der Waals surface area contributed by atoms with Gasteiger partial charge in [-0.1, -0.05) is 6.92 Å². The van der Waals surface area contributed by atoms with Crippen molar-refractivity contribution < 1.29 is 4.74 Å². The Morgan fingerprint density at radius 2 is 2.14 bits per heavy atom. The van der Waals surface area contributed by atoms with Gasteiger partial charge in [-0.15, -0.1) is 0 Å². The first-order valence-corrected chi connectivity index (χ1v) is 5.38. The van der Waals surface area contributed by atoms with Crippen LogP contribution in [0.2, 0.25) is 0 Å². The zero-order chi connectivity index (χ0) is 10.4. The summed E-state index contributed by atoms with van der Waals surface area (Å²) in [7, 11) is 1.68. The fourth-order valence-electron chi connectivity index (χ4n) is 1.98. The minimum absolute atomic E-state index is 0.273. The lowest BCUT2D eigenvalue weighted by atomic mass is 9.78. The molecule has 0 aromatic heterocycles. The van der Waals surface area contributed by atoms with Gasteiger partial charge in [0.1, 0.15) is 5.54 Å². The smallest absolute Gasteiger partial charge is 0.106 e. The van der Waals surface area contributed by atoms with Gasteiger partial charge in [0.25, 0.3) is 0 Å². The predicted molar refractivity (Wildman–Crippen MR) is 55.9 cm³/mol. The molecule has 80 valence electrons. The first-order valence-electron chi connectivity index (χ1n) is 5.38. The Balaban J connectivity index is 2.39. The van der Waals surface area contributed by atoms with Gasteiger partial charge in [0.05, 0.1) is 12.7 Å². The van der Waals surface area contributed by atoms with E-state index in [4.69, 9.17) is 4.74 Å². The molecule has 1 N–H and O–H groups in total. The van der Waals surface area contributed by atoms with Gasteiger partial charge in [-0.05, 0) is 31.6 Å². The van der Waals surface area contributed by atoms with Crippen LogP contribution in [-0.4, -0.2) is 25.8 Å². The lowest BCUT2D eigenvalue weighted by Gasteiger charge is -2.34. The molecule has 0 atom stereocenters. The van der Waals surface area contributed by atoms with Crippen LogP contribution >= 0.6 is 0 Å². The van der Waals surface area contributed by atoms with Crippen molar-refractivity contribution in [3.63, 3.8) is 0 Å². The highest BCUT2D eigenvalue weighted by Gasteiger charge is 2.33. The summed E-state index contributed by atoms with van der Waals surface area (Å²) in [5, 5.41) is 12.5. The van der Waals surface area contributed by atoms with E-state index in [1.165, 1.54) is 0 Å². The van der Waals surface area contributed by atoms with Crippen LogP contribution in [0.25, 0.3) is 0 Å². The first-order chi connectivity index (χ1) is 6.72. The summed E-state index contributed by atoms with van der Waals surface area (Å²) in [6.45, 7) is 3.72. The van der Waals surface area contributed by atoms with Crippen molar-refractivity contribution in [2.75, 3.05) is 20.3 Å². The highest BCUT2D eigenvalue weighted by molar-refractivity contribution is 5.08. The SMILES string of the molecule is COCCNC1(C#N)CCC(C)CC1. The molecule has 1 aliphatic rings. The monoisotopic (exact) mass is 196 g/mol. The van der Waals surface area contributed by atoms with Crippen molar-refractivity contribution in [2.45, 2.75) is 38.1 Å². The summed E-state index contributed by atoms with van der Waals surface area (Å²) in [6.07, 6.45) is 4.28. The summed E-state index contributed by atoms with van der Waals surface area (Å²) in [4.78, 5) is 0. The molecule has 1 aliphatic carbocycles. The van der Waals surface area contributed by atoms with E-state index >= 15 is 0 Å². The summed E-state index contributed by atoms with van der Waals surface area (Å²) < 4.78 is 4.97. The molecule has 0 saturated heterocycles. The third-order valence-electron chi connectivity index (χ3n) is 3.11. The van der Waals surface area contributed by atoms with E-state index in [0.29, 0.717) is 6.61 Å². The number of nitriles is 1. The standard InChI is InChI=1S/C11H20N2O/c1-10-3-5-11(9-12,6-4-10)13-7-8-14-2/h10,13H,3-8H2,1-2H3. The Morgan fingerprint density at radius 1 is 1.50 bits per heavy atom. The maximum Gasteiger partial charge on any atom is 0.106 e. The largest absolute Gasteiger partial charge is 0.383 e. The van der Waals surface area contributed by atoms with E-state index in [1.54, 1.807) is 7.11 Å². The van der Waals surface area contributed by atoms with Gasteiger partial charge in [-0.2, -0.15) is 5.26 Å². The molecule has 0 aliphatic heterocycles. The van der Waals surface area contributed by atoms with Crippen LogP contribution in [0, 0.1) is 17.2 Å². The van der Waals surface area contributed by atoms with Gasteiger partial charge in [0.2, 0.25) is 0 Å². The summed E-state index contributed by atoms with van der Waals surface area (Å²) in [5.41, 5.74) is -0.273. The van der Waals surface area contributed by atoms with Crippen molar-refractivity contribution in [3.05, 3.63) is 0 Å². The molecule has 1 rings (SSSR count). The van der Waals surface area contributed by atoms with Gasteiger partial charge in [0, 0.05) is 13.7 Å². The van der Waals surface area contributed by atoms with E-state index in [9.17, 15) is 5.26 Å². The Morgan fingerprint density at radius 3 is 2.64 bits per heavy atom. The number of hydrogen-bond acceptors (Lipinski definition) is 3. The fourth-order valence-corrected chi connectivity index (χ4v) is 1.98. The molecular formula is C11H20N2O. The zero-order valence-corrected chi connectivity index (χ0v) is 9.18. The molecule has 0 amide bonds. The third kappa shape index (κ3) is 2.97. The fraction of sp³-hybridized carbons (Fsp3) is 0.909. The molecule has 14 heavy (non-hydrogen) atoms. The molecule has 0 aromatic carbocycles. The minimum Gasteiger partial charge on any atom is -0.383 e. The van der Waals surface area contributed by atoms with E-state index in [-0.39, 0.29) is 5.54 Å². The Hall–Kier alpha value is -0.590. The van der Waals surface area contributed by atoms with Gasteiger partial charge < -0.3 is 4.74 Å². The van der Waals surface area contributed by atoms with Gasteiger partial charge in [-0.25, -0.2) is 0 Å². The summed E-state index contributed by atoms with van der Waals surface area (Å²) >= 11 is 0. The van der Waals surface area contributed by atoms with E-state index in [2.05, 4.69) is 18.3 Å². The topological polar surface area (TPSA) is 45.0 Å². The van der Waals surface area contributed by atoms with Crippen LogP contribution < -0.4 is 5.32 Å². The average Bonchev–Trinajstić information content (AvgIpc) is 2.22. The van der Waals surface area contributed by atoms with E-state index in [0.717, 1.165) is 38.1 Å². The highest BCUT2D eigenvalue weighted by Crippen LogP contribution is 2.31. The average molecular weight is 196 g/mol. The molecule has 0 aromatic rings. The maximum absolute atomic E-state index is 9.17. The lowest BCUT2D eigenvalue weighted by molar-refractivity contribution is 0.177.